The van der Waals surface area contributed by atoms with Gasteiger partial charge in [-0.3, -0.25) is 19.4 Å². The highest BCUT2D eigenvalue weighted by Gasteiger charge is 2.40. The van der Waals surface area contributed by atoms with E-state index in [1.54, 1.807) is 9.58 Å². The fourth-order valence-electron chi connectivity index (χ4n) is 3.19. The van der Waals surface area contributed by atoms with E-state index in [4.69, 9.17) is 5.73 Å². The molecule has 3 N–H and O–H groups in total. The highest BCUT2D eigenvalue weighted by atomic mass is 32.2. The Morgan fingerprint density at radius 2 is 2.15 bits per heavy atom. The minimum Gasteiger partial charge on any atom is -0.366 e. The molecule has 1 unspecified atom stereocenters. The van der Waals surface area contributed by atoms with Crippen molar-refractivity contribution in [2.45, 2.75) is 31.3 Å². The Labute approximate surface area is 155 Å². The van der Waals surface area contributed by atoms with Gasteiger partial charge in [0.05, 0.1) is 39.6 Å². The maximum absolute atomic E-state index is 13.1. The Kier molecular flexibility index (Phi) is 4.02. The van der Waals surface area contributed by atoms with Crippen molar-refractivity contribution >= 4 is 27.5 Å². The predicted molar refractivity (Wildman–Crippen MR) is 94.8 cm³/mol. The minimum atomic E-state index is -2.95. The van der Waals surface area contributed by atoms with Crippen LogP contribution in [0.5, 0.6) is 0 Å². The summed E-state index contributed by atoms with van der Waals surface area (Å²) in [6.45, 7) is 3.00. The Bertz CT molecular complexity index is 1050. The number of hydrogen-bond donors (Lipinski definition) is 2. The number of fused-ring (bicyclic) bond motifs is 1. The van der Waals surface area contributed by atoms with Crippen molar-refractivity contribution in [3.63, 3.8) is 0 Å². The van der Waals surface area contributed by atoms with Crippen LogP contribution in [-0.4, -0.2) is 58.7 Å². The van der Waals surface area contributed by atoms with Crippen molar-refractivity contribution in [3.8, 4) is 0 Å². The van der Waals surface area contributed by atoms with E-state index in [-0.39, 0.29) is 36.0 Å². The Morgan fingerprint density at radius 3 is 2.78 bits per heavy atom. The first-order chi connectivity index (χ1) is 12.8. The van der Waals surface area contributed by atoms with E-state index in [1.807, 2.05) is 6.92 Å². The van der Waals surface area contributed by atoms with Crippen LogP contribution in [0.25, 0.3) is 0 Å². The summed E-state index contributed by atoms with van der Waals surface area (Å²) < 4.78 is 18.8. The monoisotopic (exact) mass is 392 g/mol. The number of anilines is 1. The highest BCUT2D eigenvalue weighted by Crippen LogP contribution is 2.39. The molecule has 2 aliphatic rings. The van der Waals surface area contributed by atoms with Gasteiger partial charge in [-0.15, -0.1) is 5.10 Å². The van der Waals surface area contributed by atoms with E-state index >= 15 is 0 Å². The van der Waals surface area contributed by atoms with Gasteiger partial charge in [0.1, 0.15) is 0 Å². The fourth-order valence-corrected chi connectivity index (χ4v) is 4.61. The number of nitrogens with one attached hydrogen (secondary N) is 1. The van der Waals surface area contributed by atoms with E-state index in [0.29, 0.717) is 29.6 Å². The molecule has 1 fully saturated rings. The number of aromatic amines is 1. The van der Waals surface area contributed by atoms with Gasteiger partial charge >= 0.3 is 0 Å². The molecule has 0 saturated heterocycles. The standard InChI is InChI=1S/C15H20N8O3S/c1-8-5-9(8)13(24)21-27(2,26)11-6-17-23-4-3-22(7-10(11)23)14(25)12-18-15(16)20-19-12/h6,8-9H,3-5,7H2,1-2H3,(H3,16,18,19,20)/t8-,9-,27?/m1/s1. The van der Waals surface area contributed by atoms with Crippen LogP contribution < -0.4 is 5.73 Å². The minimum absolute atomic E-state index is 0.00992. The topological polar surface area (TPSA) is 152 Å². The van der Waals surface area contributed by atoms with Crippen molar-refractivity contribution in [3.05, 3.63) is 17.7 Å². The van der Waals surface area contributed by atoms with Gasteiger partial charge in [0.25, 0.3) is 11.8 Å². The molecule has 0 spiro atoms. The average molecular weight is 392 g/mol. The number of carbonyl (C=O) groups is 2. The summed E-state index contributed by atoms with van der Waals surface area (Å²) in [4.78, 5) is 30.5. The number of nitrogens with zero attached hydrogens (tertiary/aromatic N) is 6. The quantitative estimate of drug-likeness (QED) is 0.738. The van der Waals surface area contributed by atoms with Crippen LogP contribution in [0.2, 0.25) is 0 Å². The van der Waals surface area contributed by atoms with E-state index in [2.05, 4.69) is 24.6 Å². The summed E-state index contributed by atoms with van der Waals surface area (Å²) in [6.07, 6.45) is 3.70. The van der Waals surface area contributed by atoms with Gasteiger partial charge < -0.3 is 10.6 Å². The summed E-state index contributed by atoms with van der Waals surface area (Å²) in [5, 5.41) is 10.4. The lowest BCUT2D eigenvalue weighted by Gasteiger charge is -2.27. The second-order valence-corrected chi connectivity index (χ2v) is 9.23. The number of H-pyrrole nitrogens is 1. The lowest BCUT2D eigenvalue weighted by molar-refractivity contribution is -0.119. The predicted octanol–water partition coefficient (Wildman–Crippen LogP) is -0.121. The van der Waals surface area contributed by atoms with E-state index < -0.39 is 9.73 Å². The molecule has 3 heterocycles. The summed E-state index contributed by atoms with van der Waals surface area (Å²) in [5.74, 6) is -0.492. The molecule has 144 valence electrons. The second-order valence-electron chi connectivity index (χ2n) is 7.00. The summed E-state index contributed by atoms with van der Waals surface area (Å²) in [5.41, 5.74) is 6.06. The molecule has 3 atom stereocenters. The third kappa shape index (κ3) is 3.20. The van der Waals surface area contributed by atoms with Gasteiger partial charge in [0.15, 0.2) is 0 Å². The zero-order chi connectivity index (χ0) is 19.3. The first kappa shape index (κ1) is 17.6. The normalized spacial score (nSPS) is 23.4. The molecule has 11 nitrogen and oxygen atoms in total. The lowest BCUT2D eigenvalue weighted by Crippen LogP contribution is -2.39. The number of amides is 2. The van der Waals surface area contributed by atoms with Crippen LogP contribution >= 0.6 is 0 Å². The molecule has 2 aromatic heterocycles. The van der Waals surface area contributed by atoms with Gasteiger partial charge in [-0.1, -0.05) is 6.92 Å². The molecule has 27 heavy (non-hydrogen) atoms. The number of hydrogen-bond acceptors (Lipinski definition) is 7. The number of aromatic nitrogens is 5. The van der Waals surface area contributed by atoms with Gasteiger partial charge in [-0.25, -0.2) is 4.21 Å². The van der Waals surface area contributed by atoms with E-state index in [1.165, 1.54) is 12.5 Å². The molecule has 1 saturated carbocycles. The summed E-state index contributed by atoms with van der Waals surface area (Å²) >= 11 is 0. The van der Waals surface area contributed by atoms with Crippen LogP contribution in [0.1, 0.15) is 29.7 Å². The number of rotatable bonds is 3. The number of nitrogens with two attached hydrogens (primary N) is 1. The molecule has 1 aliphatic carbocycles. The molecule has 0 radical (unpaired) electrons. The highest BCUT2D eigenvalue weighted by molar-refractivity contribution is 7.93. The van der Waals surface area contributed by atoms with E-state index in [0.717, 1.165) is 6.42 Å². The van der Waals surface area contributed by atoms with Gasteiger partial charge in [0.2, 0.25) is 11.8 Å². The maximum atomic E-state index is 13.1. The molecule has 1 aliphatic heterocycles. The number of nitrogen functional groups attached to an aromatic ring is 1. The largest absolute Gasteiger partial charge is 0.366 e. The van der Waals surface area contributed by atoms with Crippen LogP contribution in [-0.2, 0) is 27.6 Å². The zero-order valence-corrected chi connectivity index (χ0v) is 15.8. The molecule has 2 amide bonds. The van der Waals surface area contributed by atoms with Crippen molar-refractivity contribution in [1.29, 1.82) is 0 Å². The average Bonchev–Trinajstić information content (AvgIpc) is 3.02. The van der Waals surface area contributed by atoms with Crippen molar-refractivity contribution in [2.75, 3.05) is 18.5 Å². The first-order valence-corrected chi connectivity index (χ1v) is 10.5. The van der Waals surface area contributed by atoms with Gasteiger partial charge in [-0.2, -0.15) is 14.4 Å². The molecular weight excluding hydrogens is 372 g/mol. The summed E-state index contributed by atoms with van der Waals surface area (Å²) in [7, 11) is -2.95. The molecular formula is C15H20N8O3S. The van der Waals surface area contributed by atoms with Crippen molar-refractivity contribution in [1.82, 2.24) is 29.9 Å². The van der Waals surface area contributed by atoms with Gasteiger partial charge in [0, 0.05) is 18.7 Å². The molecule has 2 aromatic rings. The van der Waals surface area contributed by atoms with Gasteiger partial charge in [-0.05, 0) is 12.3 Å². The Hall–Kier alpha value is -2.76. The van der Waals surface area contributed by atoms with Crippen LogP contribution in [0.4, 0.5) is 5.95 Å². The smallest absolute Gasteiger partial charge is 0.291 e. The summed E-state index contributed by atoms with van der Waals surface area (Å²) in [6, 6.07) is 0. The third-order valence-electron chi connectivity index (χ3n) is 4.92. The Morgan fingerprint density at radius 1 is 1.41 bits per heavy atom. The lowest BCUT2D eigenvalue weighted by atomic mass is 10.3. The van der Waals surface area contributed by atoms with Crippen LogP contribution in [0.15, 0.2) is 15.5 Å². The SMILES string of the molecule is C[C@@H]1C[C@H]1C(=O)N=S(C)(=O)c1cnn2c1CN(C(=O)c1nc(N)n[nH]1)CC2. The molecule has 4 rings (SSSR count). The van der Waals surface area contributed by atoms with Crippen LogP contribution in [0, 0.1) is 11.8 Å². The second kappa shape index (κ2) is 6.15. The fraction of sp³-hybridized carbons (Fsp3) is 0.533. The number of carbonyl (C=O) groups excluding carboxylic acids is 2. The molecule has 0 bridgehead atoms. The van der Waals surface area contributed by atoms with Crippen molar-refractivity contribution < 1.29 is 13.8 Å². The maximum Gasteiger partial charge on any atom is 0.291 e. The Balaban J connectivity index is 1.61. The first-order valence-electron chi connectivity index (χ1n) is 8.54. The zero-order valence-electron chi connectivity index (χ0n) is 15.0. The van der Waals surface area contributed by atoms with Crippen molar-refractivity contribution in [2.24, 2.45) is 16.2 Å². The molecule has 12 heteroatoms. The van der Waals surface area contributed by atoms with Crippen LogP contribution in [0.3, 0.4) is 0 Å². The van der Waals surface area contributed by atoms with E-state index in [9.17, 15) is 13.8 Å². The third-order valence-corrected chi connectivity index (χ3v) is 6.61. The molecule has 0 aromatic carbocycles.